The molecule has 1 unspecified atom stereocenters. The van der Waals surface area contributed by atoms with Gasteiger partial charge in [-0.1, -0.05) is 41.5 Å². The monoisotopic (exact) mass is 363 g/mol. The first-order valence-electron chi connectivity index (χ1n) is 8.25. The van der Waals surface area contributed by atoms with E-state index in [0.29, 0.717) is 30.8 Å². The minimum absolute atomic E-state index is 0. The van der Waals surface area contributed by atoms with Crippen LogP contribution in [0.4, 0.5) is 0 Å². The van der Waals surface area contributed by atoms with Crippen molar-refractivity contribution in [1.82, 2.24) is 0 Å². The molecule has 0 amide bonds. The van der Waals surface area contributed by atoms with Crippen molar-refractivity contribution in [3.8, 4) is 5.75 Å². The van der Waals surface area contributed by atoms with E-state index in [4.69, 9.17) is 4.74 Å². The van der Waals surface area contributed by atoms with Crippen molar-refractivity contribution in [2.45, 2.75) is 26.4 Å². The summed E-state index contributed by atoms with van der Waals surface area (Å²) >= 11 is 0. The molecule has 0 radical (unpaired) electrons. The molecular formula is C20H26ClNO3. The summed E-state index contributed by atoms with van der Waals surface area (Å²) in [5.74, 6) is 0.779. The first-order chi connectivity index (χ1) is 11.5. The van der Waals surface area contributed by atoms with Gasteiger partial charge in [0.2, 0.25) is 0 Å². The first-order valence-corrected chi connectivity index (χ1v) is 8.25. The Labute approximate surface area is 155 Å². The molecule has 2 rings (SSSR count). The number of hydrogen-bond acceptors (Lipinski definition) is 3. The van der Waals surface area contributed by atoms with Crippen LogP contribution in [-0.4, -0.2) is 31.1 Å². The molecule has 136 valence electrons. The third-order valence-corrected chi connectivity index (χ3v) is 3.99. The van der Waals surface area contributed by atoms with Crippen LogP contribution in [0.3, 0.4) is 0 Å². The maximum Gasteiger partial charge on any atom is 0.168 e. The van der Waals surface area contributed by atoms with Gasteiger partial charge in [0, 0.05) is 5.56 Å². The summed E-state index contributed by atoms with van der Waals surface area (Å²) < 4.78 is 5.14. The van der Waals surface area contributed by atoms with Crippen LogP contribution in [0.25, 0.3) is 0 Å². The number of aliphatic hydroxyl groups excluding tert-OH is 1. The van der Waals surface area contributed by atoms with Crippen LogP contribution in [0.5, 0.6) is 5.75 Å². The number of ketones is 1. The van der Waals surface area contributed by atoms with Crippen LogP contribution in [0.1, 0.15) is 39.6 Å². The largest absolute Gasteiger partial charge is 1.00 e. The molecule has 5 heteroatoms. The van der Waals surface area contributed by atoms with Gasteiger partial charge in [-0.3, -0.25) is 4.79 Å². The van der Waals surface area contributed by atoms with Crippen molar-refractivity contribution < 1.29 is 32.4 Å². The lowest BCUT2D eigenvalue weighted by Crippen LogP contribution is -3.00. The Bertz CT molecular complexity index is 683. The number of aliphatic hydroxyl groups is 1. The van der Waals surface area contributed by atoms with Gasteiger partial charge in [0.05, 0.1) is 20.1 Å². The molecule has 0 bridgehead atoms. The zero-order chi connectivity index (χ0) is 17.5. The highest BCUT2D eigenvalue weighted by atomic mass is 35.5. The summed E-state index contributed by atoms with van der Waals surface area (Å²) in [5.41, 5.74) is 3.90. The van der Waals surface area contributed by atoms with E-state index in [1.54, 1.807) is 19.2 Å². The number of methoxy groups -OCH3 is 1. The second kappa shape index (κ2) is 10.2. The van der Waals surface area contributed by atoms with Crippen molar-refractivity contribution >= 4 is 5.78 Å². The molecule has 2 aromatic rings. The Morgan fingerprint density at radius 3 is 2.48 bits per heavy atom. The molecule has 0 fully saturated rings. The molecule has 0 aliphatic heterocycles. The van der Waals surface area contributed by atoms with E-state index in [0.717, 1.165) is 16.7 Å². The van der Waals surface area contributed by atoms with Crippen molar-refractivity contribution in [1.29, 1.82) is 0 Å². The average Bonchev–Trinajstić information content (AvgIpc) is 2.57. The summed E-state index contributed by atoms with van der Waals surface area (Å²) in [6, 6.07) is 13.3. The zero-order valence-corrected chi connectivity index (χ0v) is 15.7. The molecule has 1 atom stereocenters. The van der Waals surface area contributed by atoms with E-state index in [1.165, 1.54) is 0 Å². The second-order valence-corrected chi connectivity index (χ2v) is 6.16. The normalized spacial score (nSPS) is 11.5. The van der Waals surface area contributed by atoms with E-state index in [9.17, 15) is 9.90 Å². The molecule has 0 spiro atoms. The maximum atomic E-state index is 12.2. The Kier molecular flexibility index (Phi) is 8.62. The molecule has 0 aliphatic rings. The van der Waals surface area contributed by atoms with Gasteiger partial charge in [0.15, 0.2) is 5.78 Å². The minimum atomic E-state index is -0.518. The topological polar surface area (TPSA) is 63.1 Å². The lowest BCUT2D eigenvalue weighted by Gasteiger charge is -2.11. The molecule has 3 N–H and O–H groups in total. The lowest BCUT2D eigenvalue weighted by molar-refractivity contribution is -0.660. The molecular weight excluding hydrogens is 338 g/mol. The van der Waals surface area contributed by atoms with Crippen molar-refractivity contribution in [2.75, 3.05) is 20.2 Å². The van der Waals surface area contributed by atoms with Gasteiger partial charge in [-0.25, -0.2) is 0 Å². The Morgan fingerprint density at radius 1 is 1.16 bits per heavy atom. The number of carbonyl (C=O) groups is 1. The lowest BCUT2D eigenvalue weighted by atomic mass is 10.0. The number of Topliss-reactive ketones (excluding diaryl/α,β-unsaturated/α-hetero) is 1. The smallest absolute Gasteiger partial charge is 0.168 e. The quantitative estimate of drug-likeness (QED) is 0.476. The average molecular weight is 364 g/mol. The standard InChI is InChI=1S/C20H25NO3.ClH/c1-14-9-15(2)11-17(10-14)20(23)13-21-8-7-19(22)16-5-4-6-18(12-16)24-3;/h4-6,9-12,20-21,23H,7-8,13H2,1-3H3;1H. The van der Waals surface area contributed by atoms with Crippen LogP contribution >= 0.6 is 0 Å². The number of ether oxygens (including phenoxy) is 1. The third kappa shape index (κ3) is 6.50. The summed E-state index contributed by atoms with van der Waals surface area (Å²) in [6.45, 7) is 5.26. The van der Waals surface area contributed by atoms with Gasteiger partial charge < -0.3 is 27.6 Å². The van der Waals surface area contributed by atoms with Crippen molar-refractivity contribution in [3.63, 3.8) is 0 Å². The Hall–Kier alpha value is -1.88. The summed E-state index contributed by atoms with van der Waals surface area (Å²) in [5, 5.41) is 12.3. The predicted molar refractivity (Wildman–Crippen MR) is 94.5 cm³/mol. The van der Waals surface area contributed by atoms with E-state index in [-0.39, 0.29) is 18.2 Å². The van der Waals surface area contributed by atoms with Gasteiger partial charge >= 0.3 is 0 Å². The predicted octanol–water partition coefficient (Wildman–Crippen LogP) is -0.814. The molecule has 0 aliphatic carbocycles. The first kappa shape index (κ1) is 21.2. The number of aryl methyl sites for hydroxylation is 2. The van der Waals surface area contributed by atoms with Gasteiger partial charge in [-0.15, -0.1) is 0 Å². The van der Waals surface area contributed by atoms with Crippen LogP contribution in [0, 0.1) is 13.8 Å². The number of nitrogens with two attached hydrogens (primary N) is 1. The number of benzene rings is 2. The van der Waals surface area contributed by atoms with Crippen LogP contribution in [0.2, 0.25) is 0 Å². The van der Waals surface area contributed by atoms with Crippen LogP contribution < -0.4 is 22.5 Å². The highest BCUT2D eigenvalue weighted by Crippen LogP contribution is 2.16. The van der Waals surface area contributed by atoms with Gasteiger partial charge in [0.1, 0.15) is 18.4 Å². The zero-order valence-electron chi connectivity index (χ0n) is 15.0. The number of quaternary nitrogens is 1. The van der Waals surface area contributed by atoms with Gasteiger partial charge in [0.25, 0.3) is 0 Å². The molecule has 2 aromatic carbocycles. The fraction of sp³-hybridized carbons (Fsp3) is 0.350. The fourth-order valence-electron chi connectivity index (χ4n) is 2.79. The molecule has 0 heterocycles. The van der Waals surface area contributed by atoms with Gasteiger partial charge in [-0.2, -0.15) is 0 Å². The van der Waals surface area contributed by atoms with Crippen molar-refractivity contribution in [2.24, 2.45) is 0 Å². The highest BCUT2D eigenvalue weighted by Gasteiger charge is 2.12. The maximum absolute atomic E-state index is 12.2. The minimum Gasteiger partial charge on any atom is -1.00 e. The van der Waals surface area contributed by atoms with Crippen molar-refractivity contribution in [3.05, 3.63) is 64.7 Å². The number of rotatable bonds is 8. The van der Waals surface area contributed by atoms with Crippen LogP contribution in [0.15, 0.2) is 42.5 Å². The molecule has 25 heavy (non-hydrogen) atoms. The third-order valence-electron chi connectivity index (χ3n) is 3.99. The number of carbonyl (C=O) groups excluding carboxylic acids is 1. The summed E-state index contributed by atoms with van der Waals surface area (Å²) in [7, 11) is 1.59. The number of hydrogen-bond donors (Lipinski definition) is 2. The highest BCUT2D eigenvalue weighted by molar-refractivity contribution is 5.96. The second-order valence-electron chi connectivity index (χ2n) is 6.16. The molecule has 0 saturated heterocycles. The van der Waals surface area contributed by atoms with E-state index < -0.39 is 6.10 Å². The SMILES string of the molecule is COc1cccc(C(=O)CC[NH2+]CC(O)c2cc(C)cc(C)c2)c1.[Cl-]. The summed E-state index contributed by atoms with van der Waals surface area (Å²) in [6.07, 6.45) is -0.0808. The molecule has 0 aromatic heterocycles. The van der Waals surface area contributed by atoms with E-state index >= 15 is 0 Å². The van der Waals surface area contributed by atoms with E-state index in [2.05, 4.69) is 6.07 Å². The van der Waals surface area contributed by atoms with E-state index in [1.807, 2.05) is 43.4 Å². The molecule has 0 saturated carbocycles. The summed E-state index contributed by atoms with van der Waals surface area (Å²) in [4.78, 5) is 12.2. The van der Waals surface area contributed by atoms with Crippen LogP contribution in [-0.2, 0) is 0 Å². The number of halogens is 1. The van der Waals surface area contributed by atoms with Gasteiger partial charge in [-0.05, 0) is 31.5 Å². The Balaban J connectivity index is 0.00000312. The fourth-order valence-corrected chi connectivity index (χ4v) is 2.79. The Morgan fingerprint density at radius 2 is 1.84 bits per heavy atom. The molecule has 4 nitrogen and oxygen atoms in total.